The third kappa shape index (κ3) is 1.50. The normalized spacial score (nSPS) is 25.5. The number of hydrogen-bond donors (Lipinski definition) is 2. The van der Waals surface area contributed by atoms with Gasteiger partial charge in [-0.3, -0.25) is 0 Å². The van der Waals surface area contributed by atoms with Crippen LogP contribution < -0.4 is 5.73 Å². The molecule has 0 spiro atoms. The molecule has 2 heteroatoms. The molecule has 0 aromatic carbocycles. The maximum atomic E-state index is 9.75. The van der Waals surface area contributed by atoms with Gasteiger partial charge in [-0.05, 0) is 38.6 Å². The maximum absolute atomic E-state index is 9.75. The second-order valence-corrected chi connectivity index (χ2v) is 3.52. The predicted molar refractivity (Wildman–Crippen MR) is 41.6 cm³/mol. The molecule has 1 aliphatic rings. The van der Waals surface area contributed by atoms with E-state index in [9.17, 15) is 5.11 Å². The van der Waals surface area contributed by atoms with Crippen molar-refractivity contribution in [1.82, 2.24) is 0 Å². The molecule has 0 aromatic heterocycles. The van der Waals surface area contributed by atoms with Crippen LogP contribution in [-0.2, 0) is 0 Å². The zero-order valence-electron chi connectivity index (χ0n) is 6.64. The highest BCUT2D eigenvalue weighted by Crippen LogP contribution is 2.37. The van der Waals surface area contributed by atoms with Gasteiger partial charge < -0.3 is 10.8 Å². The molecular formula is C8H17NO. The van der Waals surface area contributed by atoms with E-state index in [1.807, 2.05) is 6.92 Å². The highest BCUT2D eigenvalue weighted by atomic mass is 16.3. The first-order valence-electron chi connectivity index (χ1n) is 4.09. The van der Waals surface area contributed by atoms with Crippen molar-refractivity contribution in [2.24, 2.45) is 11.7 Å². The zero-order chi connectivity index (χ0) is 7.61. The highest BCUT2D eigenvalue weighted by molar-refractivity contribution is 4.87. The van der Waals surface area contributed by atoms with Gasteiger partial charge in [0.1, 0.15) is 0 Å². The first-order valence-corrected chi connectivity index (χ1v) is 4.09. The van der Waals surface area contributed by atoms with Gasteiger partial charge in [-0.25, -0.2) is 0 Å². The Kier molecular flexibility index (Phi) is 2.32. The standard InChI is InChI=1S/C8H17NO/c1-8(10,5-6-9)7-3-2-4-7/h7,10H,2-6,9H2,1H3. The van der Waals surface area contributed by atoms with E-state index < -0.39 is 5.60 Å². The van der Waals surface area contributed by atoms with Gasteiger partial charge in [-0.1, -0.05) is 6.42 Å². The van der Waals surface area contributed by atoms with E-state index >= 15 is 0 Å². The maximum Gasteiger partial charge on any atom is 0.0659 e. The van der Waals surface area contributed by atoms with E-state index in [0.717, 1.165) is 6.42 Å². The van der Waals surface area contributed by atoms with Crippen LogP contribution in [0.15, 0.2) is 0 Å². The van der Waals surface area contributed by atoms with Crippen LogP contribution in [0.1, 0.15) is 32.6 Å². The third-order valence-corrected chi connectivity index (χ3v) is 2.64. The Labute approximate surface area is 62.4 Å². The van der Waals surface area contributed by atoms with Crippen molar-refractivity contribution in [3.63, 3.8) is 0 Å². The first-order chi connectivity index (χ1) is 4.67. The van der Waals surface area contributed by atoms with Crippen LogP contribution in [0.2, 0.25) is 0 Å². The van der Waals surface area contributed by atoms with Crippen molar-refractivity contribution in [3.8, 4) is 0 Å². The van der Waals surface area contributed by atoms with Crippen molar-refractivity contribution < 1.29 is 5.11 Å². The predicted octanol–water partition coefficient (Wildman–Crippen LogP) is 0.886. The van der Waals surface area contributed by atoms with Crippen LogP contribution >= 0.6 is 0 Å². The number of aliphatic hydroxyl groups is 1. The molecule has 1 atom stereocenters. The molecule has 1 aliphatic carbocycles. The fourth-order valence-electron chi connectivity index (χ4n) is 1.53. The quantitative estimate of drug-likeness (QED) is 0.616. The Hall–Kier alpha value is -0.0800. The summed E-state index contributed by atoms with van der Waals surface area (Å²) in [7, 11) is 0. The van der Waals surface area contributed by atoms with E-state index in [2.05, 4.69) is 0 Å². The second-order valence-electron chi connectivity index (χ2n) is 3.52. The van der Waals surface area contributed by atoms with Gasteiger partial charge in [0.05, 0.1) is 5.60 Å². The van der Waals surface area contributed by atoms with Gasteiger partial charge in [0.15, 0.2) is 0 Å². The third-order valence-electron chi connectivity index (χ3n) is 2.64. The van der Waals surface area contributed by atoms with E-state index in [0.29, 0.717) is 12.5 Å². The van der Waals surface area contributed by atoms with Crippen LogP contribution in [0.5, 0.6) is 0 Å². The van der Waals surface area contributed by atoms with Crippen LogP contribution in [0.4, 0.5) is 0 Å². The van der Waals surface area contributed by atoms with Gasteiger partial charge in [0.25, 0.3) is 0 Å². The van der Waals surface area contributed by atoms with Gasteiger partial charge in [0.2, 0.25) is 0 Å². The Bertz CT molecular complexity index is 108. The Morgan fingerprint density at radius 1 is 1.60 bits per heavy atom. The number of hydrogen-bond acceptors (Lipinski definition) is 2. The average molecular weight is 143 g/mol. The van der Waals surface area contributed by atoms with E-state index in [1.165, 1.54) is 19.3 Å². The molecule has 0 amide bonds. The lowest BCUT2D eigenvalue weighted by Crippen LogP contribution is -2.40. The molecule has 1 fully saturated rings. The van der Waals surface area contributed by atoms with Crippen molar-refractivity contribution in [1.29, 1.82) is 0 Å². The fraction of sp³-hybridized carbons (Fsp3) is 1.00. The van der Waals surface area contributed by atoms with Crippen molar-refractivity contribution in [2.45, 2.75) is 38.2 Å². The molecule has 60 valence electrons. The lowest BCUT2D eigenvalue weighted by Gasteiger charge is -2.38. The Balaban J connectivity index is 2.33. The SMILES string of the molecule is CC(O)(CCN)C1CCC1. The van der Waals surface area contributed by atoms with E-state index in [4.69, 9.17) is 5.73 Å². The molecule has 0 heterocycles. The van der Waals surface area contributed by atoms with Crippen molar-refractivity contribution in [3.05, 3.63) is 0 Å². The largest absolute Gasteiger partial charge is 0.390 e. The molecular weight excluding hydrogens is 126 g/mol. The highest BCUT2D eigenvalue weighted by Gasteiger charge is 2.34. The molecule has 2 nitrogen and oxygen atoms in total. The minimum atomic E-state index is -0.479. The molecule has 10 heavy (non-hydrogen) atoms. The van der Waals surface area contributed by atoms with E-state index in [1.54, 1.807) is 0 Å². The van der Waals surface area contributed by atoms with Crippen LogP contribution in [0.25, 0.3) is 0 Å². The van der Waals surface area contributed by atoms with Crippen LogP contribution in [-0.4, -0.2) is 17.3 Å². The smallest absolute Gasteiger partial charge is 0.0659 e. The molecule has 0 saturated heterocycles. The van der Waals surface area contributed by atoms with Crippen LogP contribution in [0, 0.1) is 5.92 Å². The molecule has 1 rings (SSSR count). The average Bonchev–Trinajstić information content (AvgIpc) is 1.56. The minimum Gasteiger partial charge on any atom is -0.390 e. The van der Waals surface area contributed by atoms with Crippen LogP contribution in [0.3, 0.4) is 0 Å². The summed E-state index contributed by atoms with van der Waals surface area (Å²) in [4.78, 5) is 0. The number of rotatable bonds is 3. The van der Waals surface area contributed by atoms with Crippen molar-refractivity contribution >= 4 is 0 Å². The lowest BCUT2D eigenvalue weighted by atomic mass is 9.72. The molecule has 0 radical (unpaired) electrons. The second kappa shape index (κ2) is 2.89. The summed E-state index contributed by atoms with van der Waals surface area (Å²) in [5.74, 6) is 0.524. The van der Waals surface area contributed by atoms with E-state index in [-0.39, 0.29) is 0 Å². The molecule has 0 aliphatic heterocycles. The lowest BCUT2D eigenvalue weighted by molar-refractivity contribution is -0.0390. The monoisotopic (exact) mass is 143 g/mol. The van der Waals surface area contributed by atoms with Gasteiger partial charge in [0, 0.05) is 0 Å². The summed E-state index contributed by atoms with van der Waals surface area (Å²) < 4.78 is 0. The fourth-order valence-corrected chi connectivity index (χ4v) is 1.53. The summed E-state index contributed by atoms with van der Waals surface area (Å²) in [5.41, 5.74) is 4.89. The van der Waals surface area contributed by atoms with Gasteiger partial charge >= 0.3 is 0 Å². The minimum absolute atomic E-state index is 0.479. The Morgan fingerprint density at radius 3 is 2.50 bits per heavy atom. The zero-order valence-corrected chi connectivity index (χ0v) is 6.64. The molecule has 1 saturated carbocycles. The summed E-state index contributed by atoms with van der Waals surface area (Å²) in [6, 6.07) is 0. The summed E-state index contributed by atoms with van der Waals surface area (Å²) in [5, 5.41) is 9.75. The van der Waals surface area contributed by atoms with Gasteiger partial charge in [-0.2, -0.15) is 0 Å². The summed E-state index contributed by atoms with van der Waals surface area (Å²) in [6.45, 7) is 2.51. The Morgan fingerprint density at radius 2 is 2.20 bits per heavy atom. The molecule has 0 bridgehead atoms. The summed E-state index contributed by atoms with van der Waals surface area (Å²) in [6.07, 6.45) is 4.41. The molecule has 0 aromatic rings. The van der Waals surface area contributed by atoms with Gasteiger partial charge in [-0.15, -0.1) is 0 Å². The van der Waals surface area contributed by atoms with Crippen molar-refractivity contribution in [2.75, 3.05) is 6.54 Å². The summed E-state index contributed by atoms with van der Waals surface area (Å²) >= 11 is 0. The topological polar surface area (TPSA) is 46.2 Å². The number of nitrogens with two attached hydrogens (primary N) is 1. The molecule has 1 unspecified atom stereocenters. The first kappa shape index (κ1) is 8.02. The molecule has 3 N–H and O–H groups in total.